The summed E-state index contributed by atoms with van der Waals surface area (Å²) in [4.78, 5) is 0. The molecule has 6 nitrogen and oxygen atoms in total. The summed E-state index contributed by atoms with van der Waals surface area (Å²) >= 11 is -4.58. The van der Waals surface area contributed by atoms with Crippen molar-refractivity contribution in [2.75, 3.05) is 0 Å². The van der Waals surface area contributed by atoms with E-state index in [-0.39, 0.29) is 0 Å². The first-order chi connectivity index (χ1) is 22.6. The molecule has 0 N–H and O–H groups in total. The van der Waals surface area contributed by atoms with Crippen molar-refractivity contribution in [3.05, 3.63) is 0 Å². The Hall–Kier alpha value is 1.03. The Morgan fingerprint density at radius 3 is 1.15 bits per heavy atom. The summed E-state index contributed by atoms with van der Waals surface area (Å²) in [7, 11) is 0. The van der Waals surface area contributed by atoms with Crippen molar-refractivity contribution in [3.63, 3.8) is 0 Å². The summed E-state index contributed by atoms with van der Waals surface area (Å²) in [6.45, 7) is 4.93. The first-order valence-corrected chi connectivity index (χ1v) is 26.9. The fourth-order valence-corrected chi connectivity index (χ4v) is 25.0. The van der Waals surface area contributed by atoms with E-state index in [0.29, 0.717) is 48.6 Å². The molecule has 8 heteroatoms. The van der Waals surface area contributed by atoms with E-state index in [1.165, 1.54) is 141 Å². The van der Waals surface area contributed by atoms with Gasteiger partial charge in [-0.05, 0) is 0 Å². The van der Waals surface area contributed by atoms with Crippen molar-refractivity contribution >= 4 is 34.4 Å². The molecular formula is C38H64Ga2N2O4. The zero-order chi connectivity index (χ0) is 30.8. The van der Waals surface area contributed by atoms with Gasteiger partial charge in [-0.3, -0.25) is 0 Å². The molecule has 0 amide bonds. The van der Waals surface area contributed by atoms with E-state index in [1.54, 1.807) is 0 Å². The Bertz CT molecular complexity index is 950. The number of piperidine rings is 2. The van der Waals surface area contributed by atoms with Crippen LogP contribution in [0.1, 0.15) is 155 Å². The normalized spacial score (nSPS) is 50.0. The maximum absolute atomic E-state index is 7.01. The predicted molar refractivity (Wildman–Crippen MR) is 184 cm³/mol. The zero-order valence-corrected chi connectivity index (χ0v) is 34.2. The molecule has 0 aromatic rings. The molecule has 0 radical (unpaired) electrons. The van der Waals surface area contributed by atoms with Crippen LogP contribution in [0.3, 0.4) is 0 Å². The molecule has 0 spiro atoms. The van der Waals surface area contributed by atoms with E-state index >= 15 is 0 Å². The molecule has 4 saturated heterocycles. The number of nitrogens with zero attached hydrogens (tertiary/aromatic N) is 2. The predicted octanol–water partition coefficient (Wildman–Crippen LogP) is 8.02. The van der Waals surface area contributed by atoms with Gasteiger partial charge in [0.05, 0.1) is 0 Å². The van der Waals surface area contributed by atoms with E-state index in [2.05, 4.69) is 21.1 Å². The van der Waals surface area contributed by atoms with Crippen molar-refractivity contribution in [3.8, 4) is 0 Å². The summed E-state index contributed by atoms with van der Waals surface area (Å²) in [6.07, 6.45) is 32.6. The molecule has 4 heterocycles. The van der Waals surface area contributed by atoms with E-state index in [1.807, 2.05) is 0 Å². The van der Waals surface area contributed by atoms with Crippen molar-refractivity contribution < 1.29 is 14.1 Å². The van der Waals surface area contributed by atoms with Gasteiger partial charge in [-0.25, -0.2) is 0 Å². The van der Waals surface area contributed by atoms with Crippen molar-refractivity contribution in [1.82, 2.24) is 7.21 Å². The van der Waals surface area contributed by atoms with Gasteiger partial charge in [0, 0.05) is 0 Å². The van der Waals surface area contributed by atoms with Crippen LogP contribution in [0.5, 0.6) is 0 Å². The van der Waals surface area contributed by atoms with Crippen LogP contribution in [0.4, 0.5) is 0 Å². The monoisotopic (exact) mass is 750 g/mol. The third-order valence-electron chi connectivity index (χ3n) is 15.7. The second kappa shape index (κ2) is 14.2. The van der Waals surface area contributed by atoms with Gasteiger partial charge in [0.25, 0.3) is 0 Å². The van der Waals surface area contributed by atoms with E-state index in [9.17, 15) is 0 Å². The Balaban J connectivity index is 0.706. The van der Waals surface area contributed by atoms with Gasteiger partial charge in [-0.2, -0.15) is 0 Å². The number of hydrogen-bond acceptors (Lipinski definition) is 6. The molecule has 0 aromatic heterocycles. The van der Waals surface area contributed by atoms with E-state index in [4.69, 9.17) is 14.1 Å². The molecule has 46 heavy (non-hydrogen) atoms. The summed E-state index contributed by atoms with van der Waals surface area (Å²) in [5, 5.41) is 0. The second-order valence-corrected chi connectivity index (χ2v) is 25.5. The fourth-order valence-electron chi connectivity index (χ4n) is 13.2. The van der Waals surface area contributed by atoms with Gasteiger partial charge < -0.3 is 0 Å². The summed E-state index contributed by atoms with van der Waals surface area (Å²) < 4.78 is 33.4. The number of rotatable bonds is 6. The Morgan fingerprint density at radius 2 is 0.761 bits per heavy atom. The zero-order valence-electron chi connectivity index (χ0n) is 29.3. The SMILES string of the molecule is CC1CCC2CCCC3[O][Ga]([O]C4CCC(C5CCC(C6CCC([O][Ga]7[O]C8CCCC9CCC(C)[N]7C98)CC6)CC5)CC4)[N]1C23. The van der Waals surface area contributed by atoms with Gasteiger partial charge in [0.1, 0.15) is 0 Å². The minimum absolute atomic E-state index is 0.491. The molecular weight excluding hydrogens is 688 g/mol. The quantitative estimate of drug-likeness (QED) is 0.257. The average molecular weight is 752 g/mol. The fraction of sp³-hybridized carbons (Fsp3) is 1.00. The van der Waals surface area contributed by atoms with Crippen LogP contribution in [0, 0.1) is 35.5 Å². The van der Waals surface area contributed by atoms with Gasteiger partial charge in [0.2, 0.25) is 0 Å². The second-order valence-electron chi connectivity index (χ2n) is 18.1. The molecule has 256 valence electrons. The third-order valence-corrected chi connectivity index (χ3v) is 26.4. The first kappa shape index (κ1) is 32.9. The van der Waals surface area contributed by atoms with E-state index < -0.39 is 34.4 Å². The van der Waals surface area contributed by atoms with E-state index in [0.717, 1.165) is 35.5 Å². The van der Waals surface area contributed by atoms with Crippen LogP contribution in [0.2, 0.25) is 0 Å². The van der Waals surface area contributed by atoms with Crippen molar-refractivity contribution in [2.45, 2.75) is 204 Å². The van der Waals surface area contributed by atoms with Gasteiger partial charge in [-0.15, -0.1) is 0 Å². The van der Waals surface area contributed by atoms with Crippen LogP contribution in [0.15, 0.2) is 0 Å². The average Bonchev–Trinajstić information content (AvgIpc) is 3.65. The minimum atomic E-state index is -2.29. The molecule has 0 aromatic carbocycles. The Morgan fingerprint density at radius 1 is 0.413 bits per heavy atom. The molecule has 5 aliphatic carbocycles. The van der Waals surface area contributed by atoms with Gasteiger partial charge >= 0.3 is 295 Å². The van der Waals surface area contributed by atoms with Crippen LogP contribution in [-0.4, -0.2) is 90.2 Å². The summed E-state index contributed by atoms with van der Waals surface area (Å²) in [5.74, 6) is 5.67. The standard InChI is InChI=1S/C18H30O2.2C10H17NO.2Ga/c19-17-9-5-15(6-10-17)13-1-2-14(4-3-13)16-7-11-18(20)12-8-16;2*1-7-5-6-8-3-2-4-9(12)10(8)11-7;;/h13-18H,1-12H2;2*7-10H,2-6H2,1H3;;/q3*-2;2*+3. The Kier molecular flexibility index (Phi) is 10.2. The number of hydrogen-bond donors (Lipinski definition) is 0. The molecule has 8 atom stereocenters. The van der Waals surface area contributed by atoms with Gasteiger partial charge in [0.15, 0.2) is 0 Å². The molecule has 4 aliphatic heterocycles. The molecule has 9 aliphatic rings. The molecule has 8 unspecified atom stereocenters. The molecule has 9 fully saturated rings. The summed E-state index contributed by atoms with van der Waals surface area (Å²) in [5.41, 5.74) is 0. The van der Waals surface area contributed by atoms with Crippen molar-refractivity contribution in [2.24, 2.45) is 35.5 Å². The topological polar surface area (TPSA) is 43.4 Å². The third kappa shape index (κ3) is 6.37. The van der Waals surface area contributed by atoms with Crippen molar-refractivity contribution in [1.29, 1.82) is 0 Å². The van der Waals surface area contributed by atoms with Gasteiger partial charge in [-0.1, -0.05) is 0 Å². The van der Waals surface area contributed by atoms with Crippen LogP contribution in [-0.2, 0) is 14.1 Å². The van der Waals surface area contributed by atoms with Crippen LogP contribution in [0.25, 0.3) is 0 Å². The van der Waals surface area contributed by atoms with Crippen LogP contribution < -0.4 is 0 Å². The Labute approximate surface area is 293 Å². The molecule has 5 saturated carbocycles. The van der Waals surface area contributed by atoms with Crippen LogP contribution >= 0.6 is 0 Å². The molecule has 0 bridgehead atoms. The molecule has 9 rings (SSSR count). The maximum atomic E-state index is 7.01. The first-order valence-electron chi connectivity index (χ1n) is 20.8. The summed E-state index contributed by atoms with van der Waals surface area (Å²) in [6, 6.07) is 2.81.